The number of hydrogen-bond donors (Lipinski definition) is 0. The van der Waals surface area contributed by atoms with Crippen molar-refractivity contribution in [2.75, 3.05) is 0 Å². The van der Waals surface area contributed by atoms with Gasteiger partial charge < -0.3 is 13.7 Å². The summed E-state index contributed by atoms with van der Waals surface area (Å²) < 4.78 is 9.48. The van der Waals surface area contributed by atoms with Crippen LogP contribution in [0.5, 0.6) is 0 Å². The first-order valence-electron chi connectivity index (χ1n) is 25.1. The van der Waals surface area contributed by atoms with Crippen LogP contribution in [-0.2, 0) is 0 Å². The molecule has 7 nitrogen and oxygen atoms in total. The lowest BCUT2D eigenvalue weighted by Gasteiger charge is -2.17. The fourth-order valence-electron chi connectivity index (χ4n) is 12.0. The first kappa shape index (κ1) is 40.6. The minimum Gasteiger partial charge on any atom is -0.309 e. The minimum atomic E-state index is 0.697. The summed E-state index contributed by atoms with van der Waals surface area (Å²) in [6.07, 6.45) is 2.03. The quantitative estimate of drug-likeness (QED) is 0.167. The Kier molecular flexibility index (Phi) is 8.61. The van der Waals surface area contributed by atoms with Gasteiger partial charge in [-0.3, -0.25) is 4.57 Å². The Morgan fingerprint density at radius 3 is 1.01 bits per heavy atom. The molecule has 0 unspecified atom stereocenters. The highest BCUT2D eigenvalue weighted by molar-refractivity contribution is 6.21. The molecule has 0 aliphatic carbocycles. The Bertz CT molecular complexity index is 4620. The van der Waals surface area contributed by atoms with Crippen molar-refractivity contribution in [3.05, 3.63) is 249 Å². The van der Waals surface area contributed by atoms with Crippen LogP contribution in [0.25, 0.3) is 144 Å². The van der Waals surface area contributed by atoms with Crippen molar-refractivity contribution in [3.63, 3.8) is 0 Å². The van der Waals surface area contributed by atoms with Crippen LogP contribution < -0.4 is 0 Å². The maximum Gasteiger partial charge on any atom is 0.166 e. The predicted molar refractivity (Wildman–Crippen MR) is 306 cm³/mol. The van der Waals surface area contributed by atoms with Gasteiger partial charge in [0.25, 0.3) is 0 Å². The number of fused-ring (bicyclic) bond motifs is 13. The number of hydrogen-bond acceptors (Lipinski definition) is 3. The van der Waals surface area contributed by atoms with Crippen molar-refractivity contribution in [3.8, 4) is 45.4 Å². The molecule has 0 N–H and O–H groups in total. The lowest BCUT2D eigenvalue weighted by atomic mass is 10.0. The number of pyridine rings is 1. The lowest BCUT2D eigenvalue weighted by Crippen LogP contribution is -2.07. The van der Waals surface area contributed by atoms with Crippen LogP contribution in [0.3, 0.4) is 0 Å². The summed E-state index contributed by atoms with van der Waals surface area (Å²) in [6, 6.07) is 86.6. The van der Waals surface area contributed by atoms with Crippen molar-refractivity contribution >= 4 is 98.3 Å². The molecule has 74 heavy (non-hydrogen) atoms. The highest BCUT2D eigenvalue weighted by atomic mass is 15.1. The van der Waals surface area contributed by atoms with E-state index in [9.17, 15) is 0 Å². The molecule has 0 saturated heterocycles. The van der Waals surface area contributed by atoms with E-state index in [4.69, 9.17) is 15.0 Å². The lowest BCUT2D eigenvalue weighted by molar-refractivity contribution is 1.06. The topological polar surface area (TPSA) is 58.4 Å². The van der Waals surface area contributed by atoms with Crippen molar-refractivity contribution in [2.45, 2.75) is 0 Å². The van der Waals surface area contributed by atoms with E-state index in [-0.39, 0.29) is 0 Å². The molecule has 16 rings (SSSR count). The number of benzene rings is 10. The molecule has 344 valence electrons. The largest absolute Gasteiger partial charge is 0.309 e. The molecule has 6 aromatic heterocycles. The maximum absolute atomic E-state index is 5.86. The zero-order valence-electron chi connectivity index (χ0n) is 39.8. The standard InChI is InChI=1S/C67H41N7/c1-5-21-42(22-6-1)63-64(43-23-7-2-8-24-43)70-66-65(69-63)62(73-56-35-19-15-31-48(56)52-37-58-50(39-60(52)73)46-29-13-17-33-54(46)71(58)44-25-9-3-10-26-44)41-68-67(66)74-57-36-20-16-32-49(57)53-38-59-51(40-61(53)74)47-30-14-18-34-55(47)72(59)45-27-11-4-12-28-45/h1-41H. The van der Waals surface area contributed by atoms with E-state index in [1.807, 2.05) is 6.20 Å². The molecule has 0 radical (unpaired) electrons. The summed E-state index contributed by atoms with van der Waals surface area (Å²) >= 11 is 0. The highest BCUT2D eigenvalue weighted by Crippen LogP contribution is 2.44. The zero-order valence-corrected chi connectivity index (χ0v) is 39.8. The number of nitrogens with zero attached hydrogens (tertiary/aromatic N) is 7. The Labute approximate surface area is 423 Å². The van der Waals surface area contributed by atoms with Crippen LogP contribution in [0.15, 0.2) is 249 Å². The van der Waals surface area contributed by atoms with E-state index < -0.39 is 0 Å². The molecule has 16 aromatic rings. The van der Waals surface area contributed by atoms with Crippen molar-refractivity contribution in [2.24, 2.45) is 0 Å². The summed E-state index contributed by atoms with van der Waals surface area (Å²) in [5.41, 5.74) is 16.9. The van der Waals surface area contributed by atoms with Crippen molar-refractivity contribution < 1.29 is 0 Å². The maximum atomic E-state index is 5.86. The summed E-state index contributed by atoms with van der Waals surface area (Å²) in [6.45, 7) is 0. The number of rotatable bonds is 6. The fraction of sp³-hybridized carbons (Fsp3) is 0. The van der Waals surface area contributed by atoms with Crippen molar-refractivity contribution in [1.82, 2.24) is 33.2 Å². The van der Waals surface area contributed by atoms with Gasteiger partial charge >= 0.3 is 0 Å². The second-order valence-electron chi connectivity index (χ2n) is 19.2. The van der Waals surface area contributed by atoms with E-state index in [0.717, 1.165) is 116 Å². The second-order valence-corrected chi connectivity index (χ2v) is 19.2. The molecule has 0 amide bonds. The van der Waals surface area contributed by atoms with Crippen LogP contribution >= 0.6 is 0 Å². The molecular formula is C67H41N7. The van der Waals surface area contributed by atoms with Gasteiger partial charge in [-0.2, -0.15) is 0 Å². The SMILES string of the molecule is c1ccc(-c2nc3c(-n4c5ccccc5c5cc6c(cc54)c4ccccc4n6-c4ccccc4)cnc(-n4c5ccccc5c5cc6c(cc54)c4ccccc4n6-c4ccccc4)c3nc2-c2ccccc2)cc1. The normalized spacial score (nSPS) is 12.1. The van der Waals surface area contributed by atoms with Gasteiger partial charge in [0.15, 0.2) is 5.82 Å². The summed E-state index contributed by atoms with van der Waals surface area (Å²) in [4.78, 5) is 17.3. The van der Waals surface area contributed by atoms with Crippen LogP contribution in [0, 0.1) is 0 Å². The molecule has 0 atom stereocenters. The van der Waals surface area contributed by atoms with Crippen LogP contribution in [0.1, 0.15) is 0 Å². The molecule has 10 aromatic carbocycles. The fourth-order valence-corrected chi connectivity index (χ4v) is 12.0. The van der Waals surface area contributed by atoms with Gasteiger partial charge in [0.05, 0.1) is 67.4 Å². The molecule has 0 fully saturated rings. The summed E-state index contributed by atoms with van der Waals surface area (Å²) in [7, 11) is 0. The van der Waals surface area contributed by atoms with Gasteiger partial charge in [0.1, 0.15) is 11.0 Å². The molecule has 0 aliphatic rings. The predicted octanol–water partition coefficient (Wildman–Crippen LogP) is 16.7. The van der Waals surface area contributed by atoms with Crippen LogP contribution in [-0.4, -0.2) is 33.2 Å². The minimum absolute atomic E-state index is 0.697. The van der Waals surface area contributed by atoms with E-state index >= 15 is 0 Å². The smallest absolute Gasteiger partial charge is 0.166 e. The first-order chi connectivity index (χ1) is 36.7. The zero-order chi connectivity index (χ0) is 48.4. The molecule has 0 saturated carbocycles. The van der Waals surface area contributed by atoms with Crippen molar-refractivity contribution in [1.29, 1.82) is 0 Å². The van der Waals surface area contributed by atoms with Gasteiger partial charge in [0.2, 0.25) is 0 Å². The Hall–Kier alpha value is -10.1. The molecule has 0 spiro atoms. The first-order valence-corrected chi connectivity index (χ1v) is 25.1. The van der Waals surface area contributed by atoms with Gasteiger partial charge in [0, 0.05) is 65.6 Å². The van der Waals surface area contributed by atoms with Gasteiger partial charge in [-0.15, -0.1) is 0 Å². The van der Waals surface area contributed by atoms with Gasteiger partial charge in [-0.05, 0) is 72.8 Å². The summed E-state index contributed by atoms with van der Waals surface area (Å²) in [5.74, 6) is 0.708. The average molecular weight is 944 g/mol. The van der Waals surface area contributed by atoms with Gasteiger partial charge in [-0.1, -0.05) is 170 Å². The monoisotopic (exact) mass is 943 g/mol. The third-order valence-electron chi connectivity index (χ3n) is 15.2. The van der Waals surface area contributed by atoms with Gasteiger partial charge in [-0.25, -0.2) is 15.0 Å². The van der Waals surface area contributed by atoms with Crippen LogP contribution in [0.4, 0.5) is 0 Å². The average Bonchev–Trinajstić information content (AvgIpc) is 4.19. The van der Waals surface area contributed by atoms with E-state index in [2.05, 4.69) is 261 Å². The van der Waals surface area contributed by atoms with E-state index in [1.165, 1.54) is 16.2 Å². The van der Waals surface area contributed by atoms with E-state index in [0.29, 0.717) is 11.3 Å². The summed E-state index contributed by atoms with van der Waals surface area (Å²) in [5, 5.41) is 9.25. The Balaban J connectivity index is 1.05. The molecule has 0 aliphatic heterocycles. The molecule has 0 bridgehead atoms. The number of aromatic nitrogens is 7. The third-order valence-corrected chi connectivity index (χ3v) is 15.2. The molecule has 6 heterocycles. The molecular weight excluding hydrogens is 903 g/mol. The highest BCUT2D eigenvalue weighted by Gasteiger charge is 2.26. The molecule has 7 heteroatoms. The third kappa shape index (κ3) is 5.80. The van der Waals surface area contributed by atoms with E-state index in [1.54, 1.807) is 0 Å². The number of para-hydroxylation sites is 6. The van der Waals surface area contributed by atoms with Crippen LogP contribution in [0.2, 0.25) is 0 Å². The second kappa shape index (κ2) is 15.7. The Morgan fingerprint density at radius 2 is 0.581 bits per heavy atom. The Morgan fingerprint density at radius 1 is 0.257 bits per heavy atom.